The van der Waals surface area contributed by atoms with E-state index in [1.54, 1.807) is 6.20 Å². The lowest BCUT2D eigenvalue weighted by molar-refractivity contribution is -0.120. The van der Waals surface area contributed by atoms with Crippen LogP contribution in [-0.4, -0.2) is 39.6 Å². The summed E-state index contributed by atoms with van der Waals surface area (Å²) < 4.78 is 28.5. The lowest BCUT2D eigenvalue weighted by atomic mass is 10.2. The normalized spacial score (nSPS) is 18.7. The molecular formula is C17H21F2N7O2. The molecule has 0 unspecified atom stereocenters. The van der Waals surface area contributed by atoms with Gasteiger partial charge in [0.1, 0.15) is 5.82 Å². The maximum absolute atomic E-state index is 12.1. The minimum atomic E-state index is -2.90. The van der Waals surface area contributed by atoms with Crippen molar-refractivity contribution in [3.05, 3.63) is 36.3 Å². The van der Waals surface area contributed by atoms with Gasteiger partial charge in [0, 0.05) is 18.3 Å². The number of pyridine rings is 1. The first-order chi connectivity index (χ1) is 13.5. The SMILES string of the molecule is NNC(=O)Cc1ccc(N[C@H]2CC[C@H](Nc3ncc(OC(F)F)cn3)C2)nc1. The maximum Gasteiger partial charge on any atom is 0.387 e. The van der Waals surface area contributed by atoms with Gasteiger partial charge in [-0.1, -0.05) is 6.07 Å². The molecule has 0 aromatic carbocycles. The summed E-state index contributed by atoms with van der Waals surface area (Å²) in [6.07, 6.45) is 6.91. The number of aromatic nitrogens is 3. The molecule has 5 N–H and O–H groups in total. The molecule has 2 aromatic rings. The Balaban J connectivity index is 1.46. The molecule has 28 heavy (non-hydrogen) atoms. The smallest absolute Gasteiger partial charge is 0.387 e. The Morgan fingerprint density at radius 2 is 1.86 bits per heavy atom. The summed E-state index contributed by atoms with van der Waals surface area (Å²) in [5, 5.41) is 6.55. The van der Waals surface area contributed by atoms with E-state index >= 15 is 0 Å². The fraction of sp³-hybridized carbons (Fsp3) is 0.412. The summed E-state index contributed by atoms with van der Waals surface area (Å²) in [5.41, 5.74) is 2.86. The molecule has 2 atom stereocenters. The van der Waals surface area contributed by atoms with Crippen molar-refractivity contribution in [3.63, 3.8) is 0 Å². The monoisotopic (exact) mass is 393 g/mol. The van der Waals surface area contributed by atoms with Crippen LogP contribution in [0.3, 0.4) is 0 Å². The van der Waals surface area contributed by atoms with Crippen molar-refractivity contribution in [2.75, 3.05) is 10.6 Å². The fourth-order valence-electron chi connectivity index (χ4n) is 3.04. The molecule has 1 saturated carbocycles. The van der Waals surface area contributed by atoms with Crippen LogP contribution in [0, 0.1) is 0 Å². The zero-order chi connectivity index (χ0) is 19.9. The number of amides is 1. The van der Waals surface area contributed by atoms with Crippen LogP contribution in [0.15, 0.2) is 30.7 Å². The molecule has 1 amide bonds. The summed E-state index contributed by atoms with van der Waals surface area (Å²) in [4.78, 5) is 23.6. The third-order valence-electron chi connectivity index (χ3n) is 4.32. The van der Waals surface area contributed by atoms with Gasteiger partial charge in [-0.2, -0.15) is 8.78 Å². The molecule has 1 fully saturated rings. The topological polar surface area (TPSA) is 127 Å². The number of hydrogen-bond acceptors (Lipinski definition) is 8. The van der Waals surface area contributed by atoms with E-state index in [1.165, 1.54) is 12.4 Å². The van der Waals surface area contributed by atoms with E-state index in [0.29, 0.717) is 5.95 Å². The van der Waals surface area contributed by atoms with Gasteiger partial charge in [0.25, 0.3) is 0 Å². The molecule has 11 heteroatoms. The van der Waals surface area contributed by atoms with Crippen LogP contribution in [0.1, 0.15) is 24.8 Å². The molecular weight excluding hydrogens is 372 g/mol. The number of ether oxygens (including phenoxy) is 1. The Hall–Kier alpha value is -3.08. The molecule has 2 heterocycles. The molecule has 0 aliphatic heterocycles. The molecule has 0 bridgehead atoms. The molecule has 9 nitrogen and oxygen atoms in total. The van der Waals surface area contributed by atoms with Crippen molar-refractivity contribution in [1.82, 2.24) is 20.4 Å². The minimum absolute atomic E-state index is 0.0787. The van der Waals surface area contributed by atoms with Crippen molar-refractivity contribution in [1.29, 1.82) is 0 Å². The second-order valence-corrected chi connectivity index (χ2v) is 6.41. The summed E-state index contributed by atoms with van der Waals surface area (Å²) in [7, 11) is 0. The Morgan fingerprint density at radius 3 is 2.46 bits per heavy atom. The standard InChI is InChI=1S/C17H21F2N7O2/c18-16(19)28-13-8-22-17(23-9-13)25-12-3-2-11(6-12)24-14-4-1-10(7-21-14)5-15(27)26-20/h1,4,7-9,11-12,16H,2-3,5-6,20H2,(H,21,24)(H,26,27)(H,22,23,25)/t11-,12-/m0/s1. The second kappa shape index (κ2) is 9.22. The third kappa shape index (κ3) is 5.71. The number of nitrogens with one attached hydrogen (secondary N) is 3. The summed E-state index contributed by atoms with van der Waals surface area (Å²) >= 11 is 0. The number of carbonyl (C=O) groups is 1. The van der Waals surface area contributed by atoms with Gasteiger partial charge < -0.3 is 15.4 Å². The van der Waals surface area contributed by atoms with Crippen LogP contribution in [0.2, 0.25) is 0 Å². The van der Waals surface area contributed by atoms with Crippen molar-refractivity contribution in [2.45, 2.75) is 44.4 Å². The van der Waals surface area contributed by atoms with Gasteiger partial charge in [-0.05, 0) is 30.9 Å². The highest BCUT2D eigenvalue weighted by molar-refractivity contribution is 5.77. The predicted octanol–water partition coefficient (Wildman–Crippen LogP) is 1.45. The first-order valence-electron chi connectivity index (χ1n) is 8.76. The number of anilines is 2. The Morgan fingerprint density at radius 1 is 1.14 bits per heavy atom. The second-order valence-electron chi connectivity index (χ2n) is 6.41. The zero-order valence-electron chi connectivity index (χ0n) is 14.9. The van der Waals surface area contributed by atoms with Crippen molar-refractivity contribution in [3.8, 4) is 5.75 Å². The fourth-order valence-corrected chi connectivity index (χ4v) is 3.04. The van der Waals surface area contributed by atoms with Gasteiger partial charge in [0.2, 0.25) is 11.9 Å². The number of carbonyl (C=O) groups excluding carboxylic acids is 1. The number of alkyl halides is 2. The van der Waals surface area contributed by atoms with Gasteiger partial charge in [-0.25, -0.2) is 20.8 Å². The highest BCUT2D eigenvalue weighted by atomic mass is 19.3. The lowest BCUT2D eigenvalue weighted by Gasteiger charge is -2.15. The third-order valence-corrected chi connectivity index (χ3v) is 4.32. The van der Waals surface area contributed by atoms with Gasteiger partial charge in [0.05, 0.1) is 18.8 Å². The van der Waals surface area contributed by atoms with Crippen LogP contribution in [0.5, 0.6) is 5.75 Å². The lowest BCUT2D eigenvalue weighted by Crippen LogP contribution is -2.31. The number of rotatable bonds is 8. The van der Waals surface area contributed by atoms with Crippen LogP contribution in [0.4, 0.5) is 20.5 Å². The highest BCUT2D eigenvalue weighted by Crippen LogP contribution is 2.25. The molecule has 1 aliphatic carbocycles. The van der Waals surface area contributed by atoms with E-state index in [9.17, 15) is 13.6 Å². The van der Waals surface area contributed by atoms with Gasteiger partial charge in [0.15, 0.2) is 5.75 Å². The average molecular weight is 393 g/mol. The minimum Gasteiger partial charge on any atom is -0.432 e. The van der Waals surface area contributed by atoms with Crippen molar-refractivity contribution in [2.24, 2.45) is 5.84 Å². The molecule has 2 aromatic heterocycles. The predicted molar refractivity (Wildman–Crippen MR) is 97.6 cm³/mol. The maximum atomic E-state index is 12.1. The molecule has 0 spiro atoms. The van der Waals surface area contributed by atoms with Crippen LogP contribution in [-0.2, 0) is 11.2 Å². The van der Waals surface area contributed by atoms with Crippen LogP contribution >= 0.6 is 0 Å². The number of halogens is 2. The van der Waals surface area contributed by atoms with Gasteiger partial charge in [-0.3, -0.25) is 10.2 Å². The van der Waals surface area contributed by atoms with Crippen LogP contribution < -0.4 is 26.6 Å². The van der Waals surface area contributed by atoms with Gasteiger partial charge in [-0.15, -0.1) is 0 Å². The van der Waals surface area contributed by atoms with Crippen molar-refractivity contribution < 1.29 is 18.3 Å². The average Bonchev–Trinajstić information content (AvgIpc) is 3.11. The Bertz CT molecular complexity index is 774. The number of nitrogens with zero attached hydrogens (tertiary/aromatic N) is 3. The van der Waals surface area contributed by atoms with E-state index in [1.807, 2.05) is 12.1 Å². The van der Waals surface area contributed by atoms with Crippen LogP contribution in [0.25, 0.3) is 0 Å². The Labute approximate surface area is 160 Å². The van der Waals surface area contributed by atoms with Gasteiger partial charge >= 0.3 is 6.61 Å². The number of hydrazine groups is 1. The van der Waals surface area contributed by atoms with E-state index in [2.05, 4.69) is 35.7 Å². The Kier molecular flexibility index (Phi) is 6.48. The quantitative estimate of drug-likeness (QED) is 0.302. The summed E-state index contributed by atoms with van der Waals surface area (Å²) in [5.74, 6) is 5.81. The molecule has 1 aliphatic rings. The number of hydrogen-bond donors (Lipinski definition) is 4. The highest BCUT2D eigenvalue weighted by Gasteiger charge is 2.25. The number of nitrogens with two attached hydrogens (primary N) is 1. The molecule has 3 rings (SSSR count). The first-order valence-corrected chi connectivity index (χ1v) is 8.76. The van der Waals surface area contributed by atoms with E-state index in [4.69, 9.17) is 5.84 Å². The van der Waals surface area contributed by atoms with E-state index in [-0.39, 0.29) is 30.2 Å². The summed E-state index contributed by atoms with van der Waals surface area (Å²) in [6, 6.07) is 4.04. The largest absolute Gasteiger partial charge is 0.432 e. The van der Waals surface area contributed by atoms with E-state index in [0.717, 1.165) is 30.6 Å². The van der Waals surface area contributed by atoms with Crippen molar-refractivity contribution >= 4 is 17.7 Å². The molecule has 0 radical (unpaired) electrons. The van der Waals surface area contributed by atoms with E-state index < -0.39 is 6.61 Å². The summed E-state index contributed by atoms with van der Waals surface area (Å²) in [6.45, 7) is -2.90. The zero-order valence-corrected chi connectivity index (χ0v) is 14.9. The molecule has 150 valence electrons. The first kappa shape index (κ1) is 19.7. The molecule has 0 saturated heterocycles.